The van der Waals surface area contributed by atoms with Crippen LogP contribution in [0.2, 0.25) is 0 Å². The third kappa shape index (κ3) is 8.41. The standard InChI is InChI=1S/C42H38N2P2/c1-7-19-35(20-8-1)41(43-31-33-45(37-23-11-3-12-24-37)38-25-13-4-14-26-38)42(36-21-9-2-10-22-36)44-32-34-46(39-27-15-5-16-28-39)40-29-17-6-18-30-40/h1-32,41-42H,33-34H2/b43-31+,44-32?/t41?,42-/m0/s1. The van der Waals surface area contributed by atoms with Crippen molar-refractivity contribution in [1.29, 1.82) is 0 Å². The second-order valence-electron chi connectivity index (χ2n) is 10.9. The molecular formula is C42H38N2P2. The van der Waals surface area contributed by atoms with Crippen molar-refractivity contribution in [3.8, 4) is 0 Å². The summed E-state index contributed by atoms with van der Waals surface area (Å²) >= 11 is 0. The lowest BCUT2D eigenvalue weighted by Gasteiger charge is -2.23. The van der Waals surface area contributed by atoms with Crippen LogP contribution in [0.15, 0.2) is 192 Å². The Morgan fingerprint density at radius 3 is 0.848 bits per heavy atom. The second kappa shape index (κ2) is 16.7. The van der Waals surface area contributed by atoms with Crippen LogP contribution in [-0.4, -0.2) is 24.8 Å². The van der Waals surface area contributed by atoms with Crippen LogP contribution < -0.4 is 21.2 Å². The summed E-state index contributed by atoms with van der Waals surface area (Å²) in [6.45, 7) is 0. The molecule has 4 heteroatoms. The quantitative estimate of drug-likeness (QED) is 0.0898. The molecule has 0 N–H and O–H groups in total. The summed E-state index contributed by atoms with van der Waals surface area (Å²) < 4.78 is 0. The average molecular weight is 633 g/mol. The molecule has 0 radical (unpaired) electrons. The molecule has 0 fully saturated rings. The monoisotopic (exact) mass is 632 g/mol. The summed E-state index contributed by atoms with van der Waals surface area (Å²) in [6.07, 6.45) is 6.06. The Labute approximate surface area is 276 Å². The summed E-state index contributed by atoms with van der Waals surface area (Å²) in [6, 6.07) is 64.4. The number of rotatable bonds is 13. The highest BCUT2D eigenvalue weighted by Gasteiger charge is 2.24. The lowest BCUT2D eigenvalue weighted by Crippen LogP contribution is -2.16. The van der Waals surface area contributed by atoms with Gasteiger partial charge in [0.2, 0.25) is 0 Å². The van der Waals surface area contributed by atoms with Crippen LogP contribution in [0.1, 0.15) is 23.2 Å². The van der Waals surface area contributed by atoms with Gasteiger partial charge < -0.3 is 0 Å². The maximum atomic E-state index is 5.36. The van der Waals surface area contributed by atoms with E-state index < -0.39 is 15.8 Å². The minimum Gasteiger partial charge on any atom is -0.286 e. The third-order valence-corrected chi connectivity index (χ3v) is 12.7. The molecule has 0 heterocycles. The molecule has 0 aliphatic heterocycles. The molecule has 0 bridgehead atoms. The molecule has 46 heavy (non-hydrogen) atoms. The van der Waals surface area contributed by atoms with Crippen molar-refractivity contribution in [3.63, 3.8) is 0 Å². The van der Waals surface area contributed by atoms with Gasteiger partial charge in [0.1, 0.15) is 12.1 Å². The van der Waals surface area contributed by atoms with Crippen LogP contribution in [0.5, 0.6) is 0 Å². The van der Waals surface area contributed by atoms with Gasteiger partial charge in [-0.15, -0.1) is 0 Å². The Hall–Kier alpha value is -4.48. The zero-order chi connectivity index (χ0) is 31.2. The minimum absolute atomic E-state index is 0.150. The minimum atomic E-state index is -0.580. The molecule has 2 atom stereocenters. The van der Waals surface area contributed by atoms with Gasteiger partial charge in [-0.25, -0.2) is 0 Å². The first kappa shape index (κ1) is 31.5. The largest absolute Gasteiger partial charge is 0.286 e. The van der Waals surface area contributed by atoms with E-state index in [0.29, 0.717) is 0 Å². The molecule has 6 aromatic carbocycles. The molecule has 2 nitrogen and oxygen atoms in total. The van der Waals surface area contributed by atoms with E-state index >= 15 is 0 Å². The molecule has 1 unspecified atom stereocenters. The summed E-state index contributed by atoms with van der Waals surface area (Å²) in [5, 5.41) is 5.44. The Kier molecular flexibility index (Phi) is 11.5. The average Bonchev–Trinajstić information content (AvgIpc) is 3.14. The fourth-order valence-corrected chi connectivity index (χ4v) is 9.72. The van der Waals surface area contributed by atoms with Gasteiger partial charge in [0, 0.05) is 24.8 Å². The van der Waals surface area contributed by atoms with Crippen LogP contribution in [-0.2, 0) is 0 Å². The number of nitrogens with zero attached hydrogens (tertiary/aromatic N) is 2. The molecule has 0 saturated carbocycles. The predicted molar refractivity (Wildman–Crippen MR) is 203 cm³/mol. The highest BCUT2D eigenvalue weighted by molar-refractivity contribution is 7.74. The van der Waals surface area contributed by atoms with Gasteiger partial charge in [-0.3, -0.25) is 9.98 Å². The zero-order valence-electron chi connectivity index (χ0n) is 25.8. The molecule has 6 aromatic rings. The topological polar surface area (TPSA) is 24.7 Å². The summed E-state index contributed by atoms with van der Waals surface area (Å²) in [5.74, 6) is 0. The predicted octanol–water partition coefficient (Wildman–Crippen LogP) is 8.88. The maximum Gasteiger partial charge on any atom is 0.101 e. The maximum absolute atomic E-state index is 5.36. The summed E-state index contributed by atoms with van der Waals surface area (Å²) in [5.41, 5.74) is 2.34. The van der Waals surface area contributed by atoms with Crippen molar-refractivity contribution in [2.75, 3.05) is 12.3 Å². The molecule has 0 aromatic heterocycles. The SMILES string of the molecule is C(CP(c1ccccc1)c1ccccc1)=N[C@@H](c1ccccc1)C(/N=C/CP(c1ccccc1)c1ccccc1)c1ccccc1. The number of hydrogen-bond acceptors (Lipinski definition) is 2. The number of aliphatic imine (C=N–C) groups is 2. The van der Waals surface area contributed by atoms with E-state index in [4.69, 9.17) is 9.98 Å². The molecule has 0 spiro atoms. The first-order chi connectivity index (χ1) is 22.9. The van der Waals surface area contributed by atoms with Crippen molar-refractivity contribution >= 4 is 49.5 Å². The van der Waals surface area contributed by atoms with Crippen molar-refractivity contribution < 1.29 is 0 Å². The van der Waals surface area contributed by atoms with E-state index in [1.165, 1.54) is 32.3 Å². The fraction of sp³-hybridized carbons (Fsp3) is 0.0952. The van der Waals surface area contributed by atoms with E-state index in [1.807, 2.05) is 0 Å². The van der Waals surface area contributed by atoms with E-state index in [-0.39, 0.29) is 12.1 Å². The van der Waals surface area contributed by atoms with Crippen LogP contribution >= 0.6 is 15.8 Å². The number of benzene rings is 6. The van der Waals surface area contributed by atoms with Gasteiger partial charge in [0.15, 0.2) is 0 Å². The first-order valence-electron chi connectivity index (χ1n) is 15.8. The van der Waals surface area contributed by atoms with Gasteiger partial charge in [0.25, 0.3) is 0 Å². The van der Waals surface area contributed by atoms with Crippen LogP contribution in [0.4, 0.5) is 0 Å². The van der Waals surface area contributed by atoms with Crippen molar-refractivity contribution in [2.24, 2.45) is 9.98 Å². The highest BCUT2D eigenvalue weighted by Crippen LogP contribution is 2.38. The van der Waals surface area contributed by atoms with Crippen LogP contribution in [0, 0.1) is 0 Å². The molecule has 226 valence electrons. The molecule has 6 rings (SSSR count). The van der Waals surface area contributed by atoms with Crippen molar-refractivity contribution in [3.05, 3.63) is 193 Å². The molecule has 0 aliphatic carbocycles. The van der Waals surface area contributed by atoms with E-state index in [1.54, 1.807) is 0 Å². The molecule has 0 saturated heterocycles. The third-order valence-electron chi connectivity index (χ3n) is 7.91. The lowest BCUT2D eigenvalue weighted by molar-refractivity contribution is 0.583. The van der Waals surface area contributed by atoms with Crippen LogP contribution in [0.25, 0.3) is 0 Å². The smallest absolute Gasteiger partial charge is 0.101 e. The van der Waals surface area contributed by atoms with Crippen molar-refractivity contribution in [1.82, 2.24) is 0 Å². The zero-order valence-corrected chi connectivity index (χ0v) is 27.6. The van der Waals surface area contributed by atoms with Gasteiger partial charge in [0.05, 0.1) is 0 Å². The first-order valence-corrected chi connectivity index (χ1v) is 18.8. The Morgan fingerprint density at radius 1 is 0.348 bits per heavy atom. The fourth-order valence-electron chi connectivity index (χ4n) is 5.64. The normalized spacial score (nSPS) is 13.0. The Balaban J connectivity index is 1.34. The van der Waals surface area contributed by atoms with Gasteiger partial charge >= 0.3 is 0 Å². The van der Waals surface area contributed by atoms with E-state index in [2.05, 4.69) is 194 Å². The Morgan fingerprint density at radius 2 is 0.587 bits per heavy atom. The second-order valence-corrected chi connectivity index (χ2v) is 15.4. The van der Waals surface area contributed by atoms with Gasteiger partial charge in [-0.05, 0) is 48.2 Å². The Bertz CT molecular complexity index is 1560. The molecule has 0 aliphatic rings. The van der Waals surface area contributed by atoms with Crippen LogP contribution in [0.3, 0.4) is 0 Å². The van der Waals surface area contributed by atoms with Gasteiger partial charge in [-0.2, -0.15) is 0 Å². The van der Waals surface area contributed by atoms with Crippen molar-refractivity contribution in [2.45, 2.75) is 12.1 Å². The lowest BCUT2D eigenvalue weighted by atomic mass is 9.94. The molecule has 0 amide bonds. The van der Waals surface area contributed by atoms with E-state index in [9.17, 15) is 0 Å². The van der Waals surface area contributed by atoms with Gasteiger partial charge in [-0.1, -0.05) is 182 Å². The summed E-state index contributed by atoms with van der Waals surface area (Å²) in [4.78, 5) is 10.7. The highest BCUT2D eigenvalue weighted by atomic mass is 31.1. The number of hydrogen-bond donors (Lipinski definition) is 0. The van der Waals surface area contributed by atoms with E-state index in [0.717, 1.165) is 12.3 Å². The molecular weight excluding hydrogens is 594 g/mol. The summed E-state index contributed by atoms with van der Waals surface area (Å²) in [7, 11) is -1.16.